The Morgan fingerprint density at radius 1 is 1.03 bits per heavy atom. The maximum Gasteiger partial charge on any atom is 0.291 e. The van der Waals surface area contributed by atoms with E-state index in [4.69, 9.17) is 4.42 Å². The van der Waals surface area contributed by atoms with E-state index in [-0.39, 0.29) is 34.7 Å². The number of para-hydroxylation sites is 1. The first-order valence-corrected chi connectivity index (χ1v) is 11.0. The number of hydrogen-bond acceptors (Lipinski definition) is 5. The van der Waals surface area contributed by atoms with Crippen molar-refractivity contribution in [1.29, 1.82) is 0 Å². The largest absolute Gasteiger partial charge is 0.450 e. The predicted molar refractivity (Wildman–Crippen MR) is 104 cm³/mol. The second-order valence-electron chi connectivity index (χ2n) is 7.39. The van der Waals surface area contributed by atoms with Gasteiger partial charge in [0.15, 0.2) is 15.3 Å². The molecule has 0 unspecified atom stereocenters. The van der Waals surface area contributed by atoms with E-state index in [1.54, 1.807) is 24.3 Å². The normalized spacial score (nSPS) is 22.9. The zero-order chi connectivity index (χ0) is 20.3. The number of carbonyl (C=O) groups is 1. The van der Waals surface area contributed by atoms with E-state index in [9.17, 15) is 22.4 Å². The van der Waals surface area contributed by atoms with Crippen molar-refractivity contribution >= 4 is 26.7 Å². The summed E-state index contributed by atoms with van der Waals surface area (Å²) in [6, 6.07) is 10.8. The lowest BCUT2D eigenvalue weighted by atomic mass is 9.97. The minimum Gasteiger partial charge on any atom is -0.450 e. The SMILES string of the molecule is O=C1c2oc3ccccc3c(=O)c2[C@@H](c2ccc(F)cc2)N1[C@H]1CCS(=O)(=O)C1. The van der Waals surface area contributed by atoms with Crippen LogP contribution < -0.4 is 5.43 Å². The highest BCUT2D eigenvalue weighted by molar-refractivity contribution is 7.91. The summed E-state index contributed by atoms with van der Waals surface area (Å²) in [6.45, 7) is 0. The Bertz CT molecular complexity index is 1310. The molecule has 1 fully saturated rings. The molecule has 5 rings (SSSR count). The van der Waals surface area contributed by atoms with Gasteiger partial charge in [0.1, 0.15) is 11.4 Å². The molecule has 0 radical (unpaired) electrons. The molecule has 1 aromatic heterocycles. The Morgan fingerprint density at radius 3 is 2.45 bits per heavy atom. The van der Waals surface area contributed by atoms with Crippen LogP contribution in [0.15, 0.2) is 57.7 Å². The zero-order valence-corrected chi connectivity index (χ0v) is 16.0. The summed E-state index contributed by atoms with van der Waals surface area (Å²) in [6.07, 6.45) is 0.285. The van der Waals surface area contributed by atoms with Crippen LogP contribution in [0.5, 0.6) is 0 Å². The summed E-state index contributed by atoms with van der Waals surface area (Å²) < 4.78 is 43.4. The molecule has 29 heavy (non-hydrogen) atoms. The second-order valence-corrected chi connectivity index (χ2v) is 9.62. The highest BCUT2D eigenvalue weighted by Crippen LogP contribution is 2.41. The van der Waals surface area contributed by atoms with Gasteiger partial charge in [0.25, 0.3) is 5.91 Å². The number of amides is 1. The number of fused-ring (bicyclic) bond motifs is 2. The number of nitrogens with zero attached hydrogens (tertiary/aromatic N) is 1. The fourth-order valence-electron chi connectivity index (χ4n) is 4.28. The smallest absolute Gasteiger partial charge is 0.291 e. The van der Waals surface area contributed by atoms with Crippen molar-refractivity contribution in [3.8, 4) is 0 Å². The molecule has 1 amide bonds. The zero-order valence-electron chi connectivity index (χ0n) is 15.2. The van der Waals surface area contributed by atoms with Crippen LogP contribution in [-0.2, 0) is 9.84 Å². The summed E-state index contributed by atoms with van der Waals surface area (Å²) in [7, 11) is -3.27. The van der Waals surface area contributed by atoms with Crippen molar-refractivity contribution in [2.45, 2.75) is 18.5 Å². The molecule has 2 atom stereocenters. The van der Waals surface area contributed by atoms with Gasteiger partial charge in [-0.1, -0.05) is 24.3 Å². The molecule has 1 saturated heterocycles. The molecule has 0 saturated carbocycles. The minimum absolute atomic E-state index is 0.0166. The maximum absolute atomic E-state index is 13.5. The molecule has 0 bridgehead atoms. The molecule has 2 aliphatic heterocycles. The van der Waals surface area contributed by atoms with Crippen LogP contribution in [0.3, 0.4) is 0 Å². The van der Waals surface area contributed by atoms with Gasteiger partial charge in [-0.3, -0.25) is 9.59 Å². The molecule has 0 N–H and O–H groups in total. The third-order valence-corrected chi connectivity index (χ3v) is 7.35. The standard InChI is InChI=1S/C21H16FNO5S/c22-13-7-5-12(6-8-13)18-17-19(24)15-3-1-2-4-16(15)28-20(17)21(25)23(18)14-9-10-29(26,27)11-14/h1-8,14,18H,9-11H2/t14-,18+/m0/s1. The van der Waals surface area contributed by atoms with Crippen LogP contribution in [-0.4, -0.2) is 36.8 Å². The molecular weight excluding hydrogens is 397 g/mol. The highest BCUT2D eigenvalue weighted by Gasteiger charge is 2.48. The van der Waals surface area contributed by atoms with Crippen molar-refractivity contribution in [3.63, 3.8) is 0 Å². The third-order valence-electron chi connectivity index (χ3n) is 5.60. The molecule has 3 aromatic rings. The molecule has 0 aliphatic carbocycles. The van der Waals surface area contributed by atoms with Crippen LogP contribution in [0.25, 0.3) is 11.0 Å². The van der Waals surface area contributed by atoms with Crippen molar-refractivity contribution in [1.82, 2.24) is 4.90 Å². The minimum atomic E-state index is -3.27. The summed E-state index contributed by atoms with van der Waals surface area (Å²) in [5, 5.41) is 0.340. The number of hydrogen-bond donors (Lipinski definition) is 0. The van der Waals surface area contributed by atoms with Crippen molar-refractivity contribution in [2.75, 3.05) is 11.5 Å². The Hall–Kier alpha value is -3.00. The number of carbonyl (C=O) groups excluding carboxylic acids is 1. The van der Waals surface area contributed by atoms with Gasteiger partial charge in [-0.15, -0.1) is 0 Å². The quantitative estimate of drug-likeness (QED) is 0.645. The Kier molecular flexibility index (Phi) is 3.89. The van der Waals surface area contributed by atoms with Gasteiger partial charge < -0.3 is 9.32 Å². The van der Waals surface area contributed by atoms with Gasteiger partial charge in [-0.25, -0.2) is 12.8 Å². The Morgan fingerprint density at radius 2 is 1.76 bits per heavy atom. The fourth-order valence-corrected chi connectivity index (χ4v) is 5.99. The van der Waals surface area contributed by atoms with E-state index in [1.807, 2.05) is 0 Å². The second kappa shape index (κ2) is 6.25. The molecule has 2 aromatic carbocycles. The van der Waals surface area contributed by atoms with Gasteiger partial charge >= 0.3 is 0 Å². The number of rotatable bonds is 2. The first kappa shape index (κ1) is 18.1. The number of halogens is 1. The van der Waals surface area contributed by atoms with E-state index in [1.165, 1.54) is 29.2 Å². The van der Waals surface area contributed by atoms with Gasteiger partial charge in [0.2, 0.25) is 5.76 Å². The van der Waals surface area contributed by atoms with E-state index in [0.717, 1.165) is 0 Å². The Labute approximate surface area is 165 Å². The van der Waals surface area contributed by atoms with Crippen molar-refractivity contribution in [3.05, 3.63) is 81.5 Å². The lowest BCUT2D eigenvalue weighted by Crippen LogP contribution is -2.40. The maximum atomic E-state index is 13.5. The monoisotopic (exact) mass is 413 g/mol. The predicted octanol–water partition coefficient (Wildman–Crippen LogP) is 2.66. The summed E-state index contributed by atoms with van der Waals surface area (Å²) in [5.41, 5.74) is 0.659. The van der Waals surface area contributed by atoms with Crippen molar-refractivity contribution in [2.24, 2.45) is 0 Å². The highest BCUT2D eigenvalue weighted by atomic mass is 32.2. The number of sulfone groups is 1. The first-order valence-electron chi connectivity index (χ1n) is 9.20. The van der Waals surface area contributed by atoms with Gasteiger partial charge in [0.05, 0.1) is 28.5 Å². The third kappa shape index (κ3) is 2.78. The Balaban J connectivity index is 1.76. The van der Waals surface area contributed by atoms with Gasteiger partial charge in [0, 0.05) is 6.04 Å². The van der Waals surface area contributed by atoms with E-state index < -0.39 is 33.6 Å². The molecule has 2 aliphatic rings. The van der Waals surface area contributed by atoms with Crippen LogP contribution in [0, 0.1) is 5.82 Å². The molecular formula is C21H16FNO5S. The molecule has 0 spiro atoms. The van der Waals surface area contributed by atoms with Crippen LogP contribution in [0.2, 0.25) is 0 Å². The average molecular weight is 413 g/mol. The summed E-state index contributed by atoms with van der Waals surface area (Å²) in [4.78, 5) is 28.0. The van der Waals surface area contributed by atoms with Gasteiger partial charge in [-0.05, 0) is 36.2 Å². The van der Waals surface area contributed by atoms with Crippen LogP contribution in [0.4, 0.5) is 4.39 Å². The van der Waals surface area contributed by atoms with E-state index >= 15 is 0 Å². The molecule has 3 heterocycles. The van der Waals surface area contributed by atoms with Crippen LogP contribution in [0.1, 0.15) is 34.1 Å². The lowest BCUT2D eigenvalue weighted by molar-refractivity contribution is 0.0662. The first-order chi connectivity index (χ1) is 13.9. The molecule has 148 valence electrons. The molecule has 8 heteroatoms. The van der Waals surface area contributed by atoms with E-state index in [0.29, 0.717) is 16.5 Å². The topological polar surface area (TPSA) is 84.7 Å². The van der Waals surface area contributed by atoms with Crippen LogP contribution >= 0.6 is 0 Å². The number of benzene rings is 2. The summed E-state index contributed by atoms with van der Waals surface area (Å²) in [5.74, 6) is -1.22. The van der Waals surface area contributed by atoms with Crippen molar-refractivity contribution < 1.29 is 22.0 Å². The average Bonchev–Trinajstić information content (AvgIpc) is 3.20. The lowest BCUT2D eigenvalue weighted by Gasteiger charge is -2.30. The molecule has 6 nitrogen and oxygen atoms in total. The van der Waals surface area contributed by atoms with Gasteiger partial charge in [-0.2, -0.15) is 0 Å². The van der Waals surface area contributed by atoms with E-state index in [2.05, 4.69) is 0 Å². The summed E-state index contributed by atoms with van der Waals surface area (Å²) >= 11 is 0. The fraction of sp³-hybridized carbons (Fsp3) is 0.238.